The number of aromatic nitrogens is 1. The zero-order chi connectivity index (χ0) is 12.4. The van der Waals surface area contributed by atoms with Crippen molar-refractivity contribution in [2.75, 3.05) is 13.1 Å². The van der Waals surface area contributed by atoms with Crippen LogP contribution in [0.4, 0.5) is 0 Å². The smallest absolute Gasteiger partial charge is 0.223 e. The molecule has 2 aliphatic rings. The standard InChI is InChI=1S/C14H19N3O/c18-13-1-4-14(5-9-16-10-6-14)17(13)11-12-2-7-15-8-3-12/h2-3,7-8,16H,1,4-6,9-11H2. The largest absolute Gasteiger partial charge is 0.333 e. The summed E-state index contributed by atoms with van der Waals surface area (Å²) in [4.78, 5) is 18.3. The second-order valence-corrected chi connectivity index (χ2v) is 5.31. The highest BCUT2D eigenvalue weighted by Gasteiger charge is 2.45. The summed E-state index contributed by atoms with van der Waals surface area (Å²) in [6.07, 6.45) is 7.51. The van der Waals surface area contributed by atoms with Crippen molar-refractivity contribution in [1.29, 1.82) is 0 Å². The molecule has 96 valence electrons. The van der Waals surface area contributed by atoms with Gasteiger partial charge in [0.2, 0.25) is 5.91 Å². The molecule has 1 aromatic heterocycles. The lowest BCUT2D eigenvalue weighted by Gasteiger charge is -2.42. The second kappa shape index (κ2) is 4.69. The van der Waals surface area contributed by atoms with E-state index in [0.29, 0.717) is 12.3 Å². The van der Waals surface area contributed by atoms with Crippen LogP contribution in [0, 0.1) is 0 Å². The molecule has 1 spiro atoms. The third kappa shape index (κ3) is 2.01. The van der Waals surface area contributed by atoms with Crippen LogP contribution in [-0.4, -0.2) is 34.4 Å². The molecule has 3 rings (SSSR count). The van der Waals surface area contributed by atoms with Gasteiger partial charge in [-0.1, -0.05) is 0 Å². The van der Waals surface area contributed by atoms with Gasteiger partial charge in [-0.15, -0.1) is 0 Å². The zero-order valence-electron chi connectivity index (χ0n) is 10.6. The summed E-state index contributed by atoms with van der Waals surface area (Å²) < 4.78 is 0. The maximum absolute atomic E-state index is 12.1. The molecule has 0 aliphatic carbocycles. The van der Waals surface area contributed by atoms with Crippen LogP contribution in [-0.2, 0) is 11.3 Å². The number of piperidine rings is 1. The number of carbonyl (C=O) groups is 1. The van der Waals surface area contributed by atoms with Gasteiger partial charge in [0.15, 0.2) is 0 Å². The van der Waals surface area contributed by atoms with Crippen LogP contribution in [0.3, 0.4) is 0 Å². The normalized spacial score (nSPS) is 22.7. The average Bonchev–Trinajstić information content (AvgIpc) is 2.71. The number of pyridine rings is 1. The third-order valence-electron chi connectivity index (χ3n) is 4.30. The second-order valence-electron chi connectivity index (χ2n) is 5.31. The van der Waals surface area contributed by atoms with E-state index < -0.39 is 0 Å². The lowest BCUT2D eigenvalue weighted by atomic mass is 9.85. The number of carbonyl (C=O) groups excluding carboxylic acids is 1. The average molecular weight is 245 g/mol. The highest BCUT2D eigenvalue weighted by Crippen LogP contribution is 2.38. The first-order valence-corrected chi connectivity index (χ1v) is 6.70. The Morgan fingerprint density at radius 1 is 1.22 bits per heavy atom. The molecule has 0 aromatic carbocycles. The van der Waals surface area contributed by atoms with E-state index in [1.165, 1.54) is 5.56 Å². The van der Waals surface area contributed by atoms with Gasteiger partial charge >= 0.3 is 0 Å². The van der Waals surface area contributed by atoms with Gasteiger partial charge in [0.1, 0.15) is 0 Å². The number of nitrogens with one attached hydrogen (secondary N) is 1. The van der Waals surface area contributed by atoms with E-state index in [1.54, 1.807) is 12.4 Å². The maximum Gasteiger partial charge on any atom is 0.223 e. The molecule has 1 N–H and O–H groups in total. The molecule has 4 nitrogen and oxygen atoms in total. The van der Waals surface area contributed by atoms with Crippen molar-refractivity contribution in [1.82, 2.24) is 15.2 Å². The number of likely N-dealkylation sites (tertiary alicyclic amines) is 1. The summed E-state index contributed by atoms with van der Waals surface area (Å²) in [5.74, 6) is 0.314. The fourth-order valence-corrected chi connectivity index (χ4v) is 3.21. The number of hydrogen-bond acceptors (Lipinski definition) is 3. The van der Waals surface area contributed by atoms with E-state index in [0.717, 1.165) is 38.9 Å². The Kier molecular flexibility index (Phi) is 3.04. The molecule has 2 fully saturated rings. The van der Waals surface area contributed by atoms with Crippen LogP contribution >= 0.6 is 0 Å². The molecule has 0 radical (unpaired) electrons. The summed E-state index contributed by atoms with van der Waals surface area (Å²) in [7, 11) is 0. The summed E-state index contributed by atoms with van der Waals surface area (Å²) in [5.41, 5.74) is 1.30. The van der Waals surface area contributed by atoms with E-state index in [1.807, 2.05) is 12.1 Å². The monoisotopic (exact) mass is 245 g/mol. The maximum atomic E-state index is 12.1. The summed E-state index contributed by atoms with van der Waals surface area (Å²) >= 11 is 0. The lowest BCUT2D eigenvalue weighted by molar-refractivity contribution is -0.132. The van der Waals surface area contributed by atoms with Crippen molar-refractivity contribution in [3.05, 3.63) is 30.1 Å². The minimum Gasteiger partial charge on any atom is -0.333 e. The van der Waals surface area contributed by atoms with Gasteiger partial charge in [-0.25, -0.2) is 0 Å². The summed E-state index contributed by atoms with van der Waals surface area (Å²) in [6, 6.07) is 4.00. The van der Waals surface area contributed by atoms with Crippen molar-refractivity contribution in [3.63, 3.8) is 0 Å². The van der Waals surface area contributed by atoms with Crippen molar-refractivity contribution >= 4 is 5.91 Å². The van der Waals surface area contributed by atoms with Crippen LogP contribution < -0.4 is 5.32 Å². The summed E-state index contributed by atoms with van der Waals surface area (Å²) in [6.45, 7) is 2.79. The molecule has 2 aliphatic heterocycles. The van der Waals surface area contributed by atoms with Gasteiger partial charge in [0, 0.05) is 30.9 Å². The molecular formula is C14H19N3O. The molecule has 1 amide bonds. The predicted octanol–water partition coefficient (Wildman–Crippen LogP) is 1.33. The first kappa shape index (κ1) is 11.7. The Morgan fingerprint density at radius 3 is 2.67 bits per heavy atom. The molecule has 2 saturated heterocycles. The molecule has 0 bridgehead atoms. The van der Waals surface area contributed by atoms with Crippen molar-refractivity contribution in [3.8, 4) is 0 Å². The van der Waals surface area contributed by atoms with Gasteiger partial charge in [0.25, 0.3) is 0 Å². The molecular weight excluding hydrogens is 226 g/mol. The van der Waals surface area contributed by atoms with E-state index in [-0.39, 0.29) is 5.54 Å². The minimum absolute atomic E-state index is 0.117. The number of rotatable bonds is 2. The van der Waals surface area contributed by atoms with Gasteiger partial charge in [-0.05, 0) is 50.0 Å². The first-order valence-electron chi connectivity index (χ1n) is 6.70. The van der Waals surface area contributed by atoms with Crippen LogP contribution in [0.5, 0.6) is 0 Å². The highest BCUT2D eigenvalue weighted by molar-refractivity contribution is 5.79. The van der Waals surface area contributed by atoms with E-state index in [9.17, 15) is 4.79 Å². The Labute approximate surface area is 107 Å². The van der Waals surface area contributed by atoms with Crippen molar-refractivity contribution in [2.24, 2.45) is 0 Å². The van der Waals surface area contributed by atoms with Gasteiger partial charge in [-0.2, -0.15) is 0 Å². The highest BCUT2D eigenvalue weighted by atomic mass is 16.2. The van der Waals surface area contributed by atoms with E-state index >= 15 is 0 Å². The molecule has 0 unspecified atom stereocenters. The van der Waals surface area contributed by atoms with Gasteiger partial charge in [0.05, 0.1) is 0 Å². The van der Waals surface area contributed by atoms with Crippen LogP contribution in [0.15, 0.2) is 24.5 Å². The number of nitrogens with zero attached hydrogens (tertiary/aromatic N) is 2. The molecule has 1 aromatic rings. The minimum atomic E-state index is 0.117. The fraction of sp³-hybridized carbons (Fsp3) is 0.571. The molecule has 4 heteroatoms. The fourth-order valence-electron chi connectivity index (χ4n) is 3.21. The Balaban J connectivity index is 1.81. The molecule has 3 heterocycles. The number of hydrogen-bond donors (Lipinski definition) is 1. The van der Waals surface area contributed by atoms with Crippen LogP contribution in [0.1, 0.15) is 31.2 Å². The summed E-state index contributed by atoms with van der Waals surface area (Å²) in [5, 5.41) is 3.39. The van der Waals surface area contributed by atoms with E-state index in [2.05, 4.69) is 15.2 Å². The molecule has 18 heavy (non-hydrogen) atoms. The Morgan fingerprint density at radius 2 is 1.94 bits per heavy atom. The lowest BCUT2D eigenvalue weighted by Crippen LogP contribution is -2.51. The molecule has 0 saturated carbocycles. The van der Waals surface area contributed by atoms with Crippen molar-refractivity contribution in [2.45, 2.75) is 37.8 Å². The Hall–Kier alpha value is -1.42. The first-order chi connectivity index (χ1) is 8.80. The van der Waals surface area contributed by atoms with Crippen LogP contribution in [0.25, 0.3) is 0 Å². The third-order valence-corrected chi connectivity index (χ3v) is 4.30. The molecule has 0 atom stereocenters. The van der Waals surface area contributed by atoms with Gasteiger partial charge in [-0.3, -0.25) is 9.78 Å². The van der Waals surface area contributed by atoms with Crippen molar-refractivity contribution < 1.29 is 4.79 Å². The van der Waals surface area contributed by atoms with Crippen LogP contribution in [0.2, 0.25) is 0 Å². The quantitative estimate of drug-likeness (QED) is 0.855. The van der Waals surface area contributed by atoms with Gasteiger partial charge < -0.3 is 10.2 Å². The topological polar surface area (TPSA) is 45.2 Å². The number of amides is 1. The Bertz CT molecular complexity index is 426. The SMILES string of the molecule is O=C1CCC2(CCNCC2)N1Cc1ccncc1. The predicted molar refractivity (Wildman–Crippen MR) is 68.9 cm³/mol. The zero-order valence-corrected chi connectivity index (χ0v) is 10.6. The van der Waals surface area contributed by atoms with E-state index in [4.69, 9.17) is 0 Å².